The number of hydrogen-bond donors (Lipinski definition) is 1. The minimum atomic E-state index is 0.627. The number of likely N-dealkylation sites (N-methyl/N-ethyl adjacent to an activating group) is 1. The Morgan fingerprint density at radius 2 is 2.04 bits per heavy atom. The smallest absolute Gasteiger partial charge is 0.0995 e. The highest BCUT2D eigenvalue weighted by Gasteiger charge is 2.24. The van der Waals surface area contributed by atoms with Crippen LogP contribution in [-0.4, -0.2) is 69.2 Å². The molecule has 0 amide bonds. The van der Waals surface area contributed by atoms with Crippen LogP contribution in [0.25, 0.3) is 0 Å². The van der Waals surface area contributed by atoms with Crippen molar-refractivity contribution in [3.05, 3.63) is 29.3 Å². The van der Waals surface area contributed by atoms with Gasteiger partial charge in [0.2, 0.25) is 0 Å². The van der Waals surface area contributed by atoms with Crippen LogP contribution in [0.3, 0.4) is 0 Å². The van der Waals surface area contributed by atoms with E-state index in [0.29, 0.717) is 6.04 Å². The van der Waals surface area contributed by atoms with Gasteiger partial charge < -0.3 is 15.1 Å². The largest absolute Gasteiger partial charge is 0.370 e. The Kier molecular flexibility index (Phi) is 5.16. The molecular formula is C18H27N5. The fourth-order valence-electron chi connectivity index (χ4n) is 3.52. The maximum atomic E-state index is 9.42. The first-order valence-corrected chi connectivity index (χ1v) is 8.55. The van der Waals surface area contributed by atoms with Crippen LogP contribution in [0.2, 0.25) is 0 Å². The van der Waals surface area contributed by atoms with E-state index in [1.807, 2.05) is 6.07 Å². The maximum absolute atomic E-state index is 9.42. The molecule has 0 aromatic heterocycles. The fourth-order valence-corrected chi connectivity index (χ4v) is 3.52. The van der Waals surface area contributed by atoms with E-state index in [-0.39, 0.29) is 0 Å². The molecule has 2 heterocycles. The van der Waals surface area contributed by atoms with Crippen molar-refractivity contribution in [1.29, 1.82) is 5.26 Å². The number of benzene rings is 1. The van der Waals surface area contributed by atoms with Gasteiger partial charge in [-0.3, -0.25) is 4.90 Å². The van der Waals surface area contributed by atoms with Gasteiger partial charge in [0.05, 0.1) is 11.6 Å². The lowest BCUT2D eigenvalue weighted by Gasteiger charge is -2.28. The minimum absolute atomic E-state index is 0.627. The lowest BCUT2D eigenvalue weighted by Crippen LogP contribution is -2.43. The number of nitriles is 1. The van der Waals surface area contributed by atoms with Crippen LogP contribution in [0.4, 0.5) is 5.69 Å². The molecule has 0 aliphatic carbocycles. The molecule has 2 aliphatic rings. The summed E-state index contributed by atoms with van der Waals surface area (Å²) in [6, 6.07) is 9.33. The van der Waals surface area contributed by atoms with Gasteiger partial charge in [0.1, 0.15) is 0 Å². The van der Waals surface area contributed by atoms with Gasteiger partial charge in [0, 0.05) is 57.5 Å². The van der Waals surface area contributed by atoms with Crippen molar-refractivity contribution >= 4 is 5.69 Å². The number of piperazine rings is 1. The standard InChI is InChI=1S/C18H27N5/c1-21(2)18-5-8-23(14-18)17-4-3-15(12-19)16(11-17)13-22-9-6-20-7-10-22/h3-4,11,18,20H,5-10,13-14H2,1-2H3. The van der Waals surface area contributed by atoms with Gasteiger partial charge in [-0.15, -0.1) is 0 Å². The molecule has 0 saturated carbocycles. The summed E-state index contributed by atoms with van der Waals surface area (Å²) in [5, 5.41) is 12.8. The molecule has 1 atom stereocenters. The molecule has 3 rings (SSSR count). The second-order valence-corrected chi connectivity index (χ2v) is 6.83. The lowest BCUT2D eigenvalue weighted by atomic mass is 10.1. The molecule has 1 aromatic carbocycles. The summed E-state index contributed by atoms with van der Waals surface area (Å²) in [6.07, 6.45) is 1.21. The van der Waals surface area contributed by atoms with E-state index in [1.54, 1.807) is 0 Å². The highest BCUT2D eigenvalue weighted by molar-refractivity contribution is 5.54. The molecule has 1 unspecified atom stereocenters. The summed E-state index contributed by atoms with van der Waals surface area (Å²) in [4.78, 5) is 7.20. The number of hydrogen-bond acceptors (Lipinski definition) is 5. The molecule has 124 valence electrons. The number of nitrogens with one attached hydrogen (secondary N) is 1. The molecule has 1 N–H and O–H groups in total. The summed E-state index contributed by atoms with van der Waals surface area (Å²) in [6.45, 7) is 7.25. The van der Waals surface area contributed by atoms with Crippen molar-refractivity contribution in [2.24, 2.45) is 0 Å². The van der Waals surface area contributed by atoms with E-state index in [9.17, 15) is 5.26 Å². The average molecular weight is 313 g/mol. The predicted molar refractivity (Wildman–Crippen MR) is 93.6 cm³/mol. The molecular weight excluding hydrogens is 286 g/mol. The van der Waals surface area contributed by atoms with Crippen molar-refractivity contribution in [2.75, 3.05) is 58.3 Å². The average Bonchev–Trinajstić information content (AvgIpc) is 3.06. The summed E-state index contributed by atoms with van der Waals surface area (Å²) < 4.78 is 0. The van der Waals surface area contributed by atoms with Crippen LogP contribution >= 0.6 is 0 Å². The first-order valence-electron chi connectivity index (χ1n) is 8.55. The van der Waals surface area contributed by atoms with Crippen LogP contribution < -0.4 is 10.2 Å². The Bertz CT molecular complexity index is 571. The third-order valence-electron chi connectivity index (χ3n) is 5.07. The van der Waals surface area contributed by atoms with Crippen molar-refractivity contribution < 1.29 is 0 Å². The Hall–Kier alpha value is -1.61. The monoisotopic (exact) mass is 313 g/mol. The quantitative estimate of drug-likeness (QED) is 0.902. The molecule has 1 aromatic rings. The Balaban J connectivity index is 1.75. The highest BCUT2D eigenvalue weighted by atomic mass is 15.2. The normalized spacial score (nSPS) is 22.5. The van der Waals surface area contributed by atoms with Gasteiger partial charge >= 0.3 is 0 Å². The SMILES string of the molecule is CN(C)C1CCN(c2ccc(C#N)c(CN3CCNCC3)c2)C1. The van der Waals surface area contributed by atoms with Crippen LogP contribution in [-0.2, 0) is 6.54 Å². The van der Waals surface area contributed by atoms with Gasteiger partial charge in [-0.2, -0.15) is 5.26 Å². The third kappa shape index (κ3) is 3.84. The van der Waals surface area contributed by atoms with Crippen LogP contribution in [0.15, 0.2) is 18.2 Å². The lowest BCUT2D eigenvalue weighted by molar-refractivity contribution is 0.233. The molecule has 0 spiro atoms. The second-order valence-electron chi connectivity index (χ2n) is 6.83. The summed E-state index contributed by atoms with van der Waals surface area (Å²) in [7, 11) is 4.31. The molecule has 5 nitrogen and oxygen atoms in total. The number of nitrogens with zero attached hydrogens (tertiary/aromatic N) is 4. The first kappa shape index (κ1) is 16.3. The maximum Gasteiger partial charge on any atom is 0.0995 e. The molecule has 23 heavy (non-hydrogen) atoms. The molecule has 0 bridgehead atoms. The summed E-state index contributed by atoms with van der Waals surface area (Å²) >= 11 is 0. The van der Waals surface area contributed by atoms with E-state index in [2.05, 4.69) is 52.3 Å². The van der Waals surface area contributed by atoms with Gasteiger partial charge in [0.15, 0.2) is 0 Å². The van der Waals surface area contributed by atoms with Crippen molar-refractivity contribution in [3.63, 3.8) is 0 Å². The van der Waals surface area contributed by atoms with Gasteiger partial charge in [-0.05, 0) is 44.3 Å². The first-order chi connectivity index (χ1) is 11.2. The summed E-state index contributed by atoms with van der Waals surface area (Å²) in [5.74, 6) is 0. The molecule has 5 heteroatoms. The van der Waals surface area contributed by atoms with Crippen LogP contribution in [0.1, 0.15) is 17.5 Å². The zero-order chi connectivity index (χ0) is 16.2. The topological polar surface area (TPSA) is 45.5 Å². The molecule has 0 radical (unpaired) electrons. The van der Waals surface area contributed by atoms with Crippen LogP contribution in [0.5, 0.6) is 0 Å². The fraction of sp³-hybridized carbons (Fsp3) is 0.611. The Morgan fingerprint density at radius 3 is 2.70 bits per heavy atom. The molecule has 2 saturated heterocycles. The van der Waals surface area contributed by atoms with Crippen LogP contribution in [0, 0.1) is 11.3 Å². The van der Waals surface area contributed by atoms with E-state index >= 15 is 0 Å². The minimum Gasteiger partial charge on any atom is -0.370 e. The second kappa shape index (κ2) is 7.31. The zero-order valence-electron chi connectivity index (χ0n) is 14.3. The third-order valence-corrected chi connectivity index (χ3v) is 5.07. The Morgan fingerprint density at radius 1 is 1.26 bits per heavy atom. The summed E-state index contributed by atoms with van der Waals surface area (Å²) in [5.41, 5.74) is 3.24. The number of rotatable bonds is 4. The van der Waals surface area contributed by atoms with E-state index < -0.39 is 0 Å². The van der Waals surface area contributed by atoms with Crippen molar-refractivity contribution in [2.45, 2.75) is 19.0 Å². The predicted octanol–water partition coefficient (Wildman–Crippen LogP) is 1.10. The van der Waals surface area contributed by atoms with E-state index in [0.717, 1.165) is 51.4 Å². The van der Waals surface area contributed by atoms with Gasteiger partial charge in [0.25, 0.3) is 0 Å². The zero-order valence-corrected chi connectivity index (χ0v) is 14.3. The van der Waals surface area contributed by atoms with Crippen molar-refractivity contribution in [3.8, 4) is 6.07 Å². The van der Waals surface area contributed by atoms with Gasteiger partial charge in [-0.25, -0.2) is 0 Å². The highest BCUT2D eigenvalue weighted by Crippen LogP contribution is 2.25. The van der Waals surface area contributed by atoms with E-state index in [4.69, 9.17) is 0 Å². The Labute approximate surface area is 139 Å². The van der Waals surface area contributed by atoms with Crippen molar-refractivity contribution in [1.82, 2.24) is 15.1 Å². The van der Waals surface area contributed by atoms with Gasteiger partial charge in [-0.1, -0.05) is 0 Å². The molecule has 2 aliphatic heterocycles. The number of anilines is 1. The molecule has 2 fully saturated rings. The van der Waals surface area contributed by atoms with E-state index in [1.165, 1.54) is 17.7 Å².